The van der Waals surface area contributed by atoms with Crippen LogP contribution in [0.25, 0.3) is 6.08 Å². The first-order chi connectivity index (χ1) is 7.97. The van der Waals surface area contributed by atoms with Crippen molar-refractivity contribution in [3.63, 3.8) is 0 Å². The Hall–Kier alpha value is -1.32. The Bertz CT molecular complexity index is 371. The molecule has 1 aromatic rings. The lowest BCUT2D eigenvalue weighted by Gasteiger charge is -2.21. The molecule has 0 amide bonds. The molecule has 1 aromatic carbocycles. The van der Waals surface area contributed by atoms with Crippen LogP contribution in [0.3, 0.4) is 0 Å². The lowest BCUT2D eigenvalue weighted by Crippen LogP contribution is -2.22. The molecular weight excluding hydrogens is 216 g/mol. The van der Waals surface area contributed by atoms with Crippen LogP contribution in [0.15, 0.2) is 29.8 Å². The lowest BCUT2D eigenvalue weighted by molar-refractivity contribution is 0.113. The fraction of sp³-hybridized carbons (Fsp3) is 0.429. The van der Waals surface area contributed by atoms with E-state index in [-0.39, 0.29) is 6.61 Å². The maximum atomic E-state index is 9.97. The van der Waals surface area contributed by atoms with E-state index >= 15 is 0 Å². The van der Waals surface area contributed by atoms with Gasteiger partial charge in [-0.2, -0.15) is 0 Å². The van der Waals surface area contributed by atoms with E-state index in [1.54, 1.807) is 21.0 Å². The second-order valence-corrected chi connectivity index (χ2v) is 4.48. The van der Waals surface area contributed by atoms with Gasteiger partial charge in [0, 0.05) is 6.61 Å². The molecule has 0 bridgehead atoms. The molecule has 3 heteroatoms. The van der Waals surface area contributed by atoms with Crippen LogP contribution in [-0.2, 0) is 0 Å². The van der Waals surface area contributed by atoms with Crippen LogP contribution in [0, 0.1) is 0 Å². The van der Waals surface area contributed by atoms with Gasteiger partial charge in [0.1, 0.15) is 5.75 Å². The van der Waals surface area contributed by atoms with Gasteiger partial charge in [-0.3, -0.25) is 0 Å². The van der Waals surface area contributed by atoms with Crippen molar-refractivity contribution in [1.29, 1.82) is 0 Å². The van der Waals surface area contributed by atoms with E-state index in [0.29, 0.717) is 6.42 Å². The first-order valence-electron chi connectivity index (χ1n) is 5.65. The van der Waals surface area contributed by atoms with Crippen LogP contribution >= 0.6 is 0 Å². The highest BCUT2D eigenvalue weighted by Gasteiger charge is 2.18. The third-order valence-corrected chi connectivity index (χ3v) is 2.62. The van der Waals surface area contributed by atoms with E-state index < -0.39 is 5.60 Å². The summed E-state index contributed by atoms with van der Waals surface area (Å²) in [5.74, 6) is 0.800. The Morgan fingerprint density at radius 2 is 1.88 bits per heavy atom. The molecule has 0 aromatic heterocycles. The maximum absolute atomic E-state index is 9.97. The van der Waals surface area contributed by atoms with Gasteiger partial charge in [0.05, 0.1) is 12.7 Å². The molecule has 0 atom stereocenters. The van der Waals surface area contributed by atoms with Gasteiger partial charge in [0.2, 0.25) is 0 Å². The topological polar surface area (TPSA) is 49.7 Å². The van der Waals surface area contributed by atoms with Crippen LogP contribution < -0.4 is 4.74 Å². The van der Waals surface area contributed by atoms with Crippen molar-refractivity contribution in [2.45, 2.75) is 25.9 Å². The van der Waals surface area contributed by atoms with Crippen LogP contribution in [0.1, 0.15) is 25.8 Å². The zero-order valence-electron chi connectivity index (χ0n) is 10.6. The highest BCUT2D eigenvalue weighted by atomic mass is 16.5. The molecule has 1 rings (SSSR count). The summed E-state index contributed by atoms with van der Waals surface area (Å²) in [5, 5.41) is 19.0. The van der Waals surface area contributed by atoms with Crippen molar-refractivity contribution in [2.75, 3.05) is 13.7 Å². The number of rotatable bonds is 5. The number of methoxy groups -OCH3 is 1. The van der Waals surface area contributed by atoms with Gasteiger partial charge in [-0.25, -0.2) is 0 Å². The molecule has 3 nitrogen and oxygen atoms in total. The second kappa shape index (κ2) is 5.84. The summed E-state index contributed by atoms with van der Waals surface area (Å²) >= 11 is 0. The SMILES string of the molecule is COc1ccc(/C=C(/CCO)C(C)(C)O)cc1. The third kappa shape index (κ3) is 4.21. The standard InChI is InChI=1S/C14H20O3/c1-14(2,16)12(8-9-15)10-11-4-6-13(17-3)7-5-11/h4-7,10,15-16H,8-9H2,1-3H3/b12-10-. The lowest BCUT2D eigenvalue weighted by atomic mass is 9.93. The van der Waals surface area contributed by atoms with Gasteiger partial charge >= 0.3 is 0 Å². The molecule has 0 unspecified atom stereocenters. The third-order valence-electron chi connectivity index (χ3n) is 2.62. The zero-order valence-corrected chi connectivity index (χ0v) is 10.6. The van der Waals surface area contributed by atoms with Crippen molar-refractivity contribution >= 4 is 6.08 Å². The normalized spacial score (nSPS) is 12.6. The minimum Gasteiger partial charge on any atom is -0.497 e. The van der Waals surface area contributed by atoms with Crippen molar-refractivity contribution in [1.82, 2.24) is 0 Å². The molecule has 0 saturated heterocycles. The monoisotopic (exact) mass is 236 g/mol. The van der Waals surface area contributed by atoms with Crippen molar-refractivity contribution < 1.29 is 14.9 Å². The Balaban J connectivity index is 2.96. The highest BCUT2D eigenvalue weighted by molar-refractivity contribution is 5.55. The van der Waals surface area contributed by atoms with Gasteiger partial charge in [-0.15, -0.1) is 0 Å². The van der Waals surface area contributed by atoms with E-state index in [0.717, 1.165) is 16.9 Å². The van der Waals surface area contributed by atoms with E-state index in [1.807, 2.05) is 30.3 Å². The molecule has 0 aliphatic carbocycles. The number of benzene rings is 1. The van der Waals surface area contributed by atoms with Gasteiger partial charge in [-0.05, 0) is 43.5 Å². The number of aliphatic hydroxyl groups is 2. The van der Waals surface area contributed by atoms with Gasteiger partial charge in [0.15, 0.2) is 0 Å². The summed E-state index contributed by atoms with van der Waals surface area (Å²) < 4.78 is 5.08. The summed E-state index contributed by atoms with van der Waals surface area (Å²) in [4.78, 5) is 0. The van der Waals surface area contributed by atoms with Crippen LogP contribution in [0.5, 0.6) is 5.75 Å². The van der Waals surface area contributed by atoms with E-state index in [4.69, 9.17) is 9.84 Å². The van der Waals surface area contributed by atoms with Gasteiger partial charge < -0.3 is 14.9 Å². The average molecular weight is 236 g/mol. The minimum absolute atomic E-state index is 0.0337. The van der Waals surface area contributed by atoms with Crippen LogP contribution in [0.4, 0.5) is 0 Å². The van der Waals surface area contributed by atoms with E-state index in [2.05, 4.69) is 0 Å². The van der Waals surface area contributed by atoms with Crippen molar-refractivity contribution in [3.05, 3.63) is 35.4 Å². The molecule has 0 spiro atoms. The first-order valence-corrected chi connectivity index (χ1v) is 5.65. The molecule has 17 heavy (non-hydrogen) atoms. The molecule has 0 saturated carbocycles. The summed E-state index contributed by atoms with van der Waals surface area (Å²) in [6.07, 6.45) is 2.37. The number of hydrogen-bond donors (Lipinski definition) is 2. The summed E-state index contributed by atoms with van der Waals surface area (Å²) in [6.45, 7) is 3.47. The minimum atomic E-state index is -0.914. The Morgan fingerprint density at radius 1 is 1.29 bits per heavy atom. The van der Waals surface area contributed by atoms with Gasteiger partial charge in [0.25, 0.3) is 0 Å². The molecule has 0 fully saturated rings. The molecule has 94 valence electrons. The average Bonchev–Trinajstić information content (AvgIpc) is 2.28. The highest BCUT2D eigenvalue weighted by Crippen LogP contribution is 2.23. The predicted molar refractivity (Wildman–Crippen MR) is 69.0 cm³/mol. The fourth-order valence-electron chi connectivity index (χ4n) is 1.58. The Labute approximate surface area is 102 Å². The van der Waals surface area contributed by atoms with E-state index in [9.17, 15) is 5.11 Å². The second-order valence-electron chi connectivity index (χ2n) is 4.48. The zero-order chi connectivity index (χ0) is 12.9. The smallest absolute Gasteiger partial charge is 0.118 e. The van der Waals surface area contributed by atoms with Crippen LogP contribution in [0.2, 0.25) is 0 Å². The molecule has 0 radical (unpaired) electrons. The summed E-state index contributed by atoms with van der Waals surface area (Å²) in [5.41, 5.74) is 0.879. The number of hydrogen-bond acceptors (Lipinski definition) is 3. The summed E-state index contributed by atoms with van der Waals surface area (Å²) in [6, 6.07) is 7.57. The fourth-order valence-corrected chi connectivity index (χ4v) is 1.58. The quantitative estimate of drug-likeness (QED) is 0.824. The molecule has 0 aliphatic rings. The Morgan fingerprint density at radius 3 is 2.29 bits per heavy atom. The number of aliphatic hydroxyl groups excluding tert-OH is 1. The van der Waals surface area contributed by atoms with E-state index in [1.165, 1.54) is 0 Å². The molecular formula is C14H20O3. The van der Waals surface area contributed by atoms with Crippen molar-refractivity contribution in [3.8, 4) is 5.75 Å². The van der Waals surface area contributed by atoms with Crippen LogP contribution in [-0.4, -0.2) is 29.5 Å². The van der Waals surface area contributed by atoms with Crippen molar-refractivity contribution in [2.24, 2.45) is 0 Å². The molecule has 2 N–H and O–H groups in total. The number of ether oxygens (including phenoxy) is 1. The first kappa shape index (κ1) is 13.7. The molecule has 0 aliphatic heterocycles. The largest absolute Gasteiger partial charge is 0.497 e. The van der Waals surface area contributed by atoms with Gasteiger partial charge in [-0.1, -0.05) is 18.2 Å². The molecule has 0 heterocycles. The Kier molecular flexibility index (Phi) is 4.73. The maximum Gasteiger partial charge on any atom is 0.118 e. The summed E-state index contributed by atoms with van der Waals surface area (Å²) in [7, 11) is 1.62. The predicted octanol–water partition coefficient (Wildman–Crippen LogP) is 2.23.